The van der Waals surface area contributed by atoms with Gasteiger partial charge < -0.3 is 0 Å². The van der Waals surface area contributed by atoms with Gasteiger partial charge in [0.15, 0.2) is 0 Å². The fourth-order valence-corrected chi connectivity index (χ4v) is 3.45. The van der Waals surface area contributed by atoms with Crippen molar-refractivity contribution >= 4 is 0 Å². The number of hydrogen-bond donors (Lipinski definition) is 0. The van der Waals surface area contributed by atoms with Crippen molar-refractivity contribution in [2.24, 2.45) is 29.1 Å². The van der Waals surface area contributed by atoms with Crippen LogP contribution < -0.4 is 0 Å². The van der Waals surface area contributed by atoms with Crippen LogP contribution in [0, 0.1) is 29.1 Å². The second-order valence-electron chi connectivity index (χ2n) is 5.40. The summed E-state index contributed by atoms with van der Waals surface area (Å²) in [7, 11) is 0. The average molecular weight is 152 g/mol. The Kier molecular flexibility index (Phi) is 1.41. The topological polar surface area (TPSA) is 0 Å². The van der Waals surface area contributed by atoms with Crippen molar-refractivity contribution in [3.63, 3.8) is 0 Å². The minimum absolute atomic E-state index is 0.735. The van der Waals surface area contributed by atoms with E-state index in [1.807, 2.05) is 0 Å². The summed E-state index contributed by atoms with van der Waals surface area (Å²) in [6, 6.07) is 0. The van der Waals surface area contributed by atoms with Crippen molar-refractivity contribution in [2.45, 2.75) is 40.5 Å². The van der Waals surface area contributed by atoms with Crippen LogP contribution in [-0.2, 0) is 0 Å². The van der Waals surface area contributed by atoms with E-state index in [2.05, 4.69) is 27.7 Å². The zero-order valence-corrected chi connectivity index (χ0v) is 8.22. The molecule has 64 valence electrons. The van der Waals surface area contributed by atoms with Crippen molar-refractivity contribution in [1.82, 2.24) is 0 Å². The van der Waals surface area contributed by atoms with Crippen molar-refractivity contribution < 1.29 is 0 Å². The molecule has 0 N–H and O–H groups in total. The van der Waals surface area contributed by atoms with Gasteiger partial charge in [0.2, 0.25) is 0 Å². The minimum Gasteiger partial charge on any atom is -0.0628 e. The predicted molar refractivity (Wildman–Crippen MR) is 48.3 cm³/mol. The van der Waals surface area contributed by atoms with E-state index < -0.39 is 0 Å². The molecule has 0 radical (unpaired) electrons. The van der Waals surface area contributed by atoms with E-state index in [1.54, 1.807) is 6.42 Å². The molecule has 11 heavy (non-hydrogen) atoms. The molecule has 0 heteroatoms. The summed E-state index contributed by atoms with van der Waals surface area (Å²) in [4.78, 5) is 0. The molecule has 0 heterocycles. The summed E-state index contributed by atoms with van der Waals surface area (Å²) in [5, 5.41) is 0. The highest BCUT2D eigenvalue weighted by molar-refractivity contribution is 5.14. The third kappa shape index (κ3) is 0.878. The first kappa shape index (κ1) is 7.64. The normalized spacial score (nSPS) is 53.7. The second kappa shape index (κ2) is 2.02. The summed E-state index contributed by atoms with van der Waals surface area (Å²) < 4.78 is 0. The molecule has 4 unspecified atom stereocenters. The van der Waals surface area contributed by atoms with Crippen molar-refractivity contribution in [3.8, 4) is 0 Å². The minimum atomic E-state index is 0.735. The maximum Gasteiger partial charge on any atom is -0.0264 e. The molecule has 2 aliphatic carbocycles. The van der Waals surface area contributed by atoms with Gasteiger partial charge in [-0.05, 0) is 41.9 Å². The number of rotatable bonds is 2. The fraction of sp³-hybridized carbons (Fsp3) is 1.00. The molecular weight excluding hydrogens is 132 g/mol. The SMILES string of the molecule is CC(C)CC1(C)C(C)C2CC21. The standard InChI is InChI=1S/C11H20/c1-7(2)6-11(4)8(3)9-5-10(9)11/h7-10H,5-6H2,1-4H3. The monoisotopic (exact) mass is 152 g/mol. The number of hydrogen-bond acceptors (Lipinski definition) is 0. The van der Waals surface area contributed by atoms with Crippen LogP contribution in [0.1, 0.15) is 40.5 Å². The maximum atomic E-state index is 2.51. The highest BCUT2D eigenvalue weighted by atomic mass is 14.7. The Hall–Kier alpha value is 0. The quantitative estimate of drug-likeness (QED) is 0.569. The highest BCUT2D eigenvalue weighted by Crippen LogP contribution is 2.72. The smallest absolute Gasteiger partial charge is 0.0264 e. The van der Waals surface area contributed by atoms with Crippen LogP contribution in [0.4, 0.5) is 0 Å². The van der Waals surface area contributed by atoms with Gasteiger partial charge in [0.25, 0.3) is 0 Å². The van der Waals surface area contributed by atoms with Crippen LogP contribution >= 0.6 is 0 Å². The lowest BCUT2D eigenvalue weighted by molar-refractivity contribution is 0.0231. The fourth-order valence-electron chi connectivity index (χ4n) is 3.45. The Labute approximate surface area is 70.4 Å². The van der Waals surface area contributed by atoms with E-state index >= 15 is 0 Å². The Morgan fingerprint density at radius 2 is 2.09 bits per heavy atom. The molecule has 0 nitrogen and oxygen atoms in total. The Morgan fingerprint density at radius 3 is 2.45 bits per heavy atom. The van der Waals surface area contributed by atoms with Crippen LogP contribution in [0.25, 0.3) is 0 Å². The van der Waals surface area contributed by atoms with E-state index in [4.69, 9.17) is 0 Å². The van der Waals surface area contributed by atoms with Gasteiger partial charge in [-0.25, -0.2) is 0 Å². The average Bonchev–Trinajstić information content (AvgIpc) is 2.61. The van der Waals surface area contributed by atoms with Crippen molar-refractivity contribution in [3.05, 3.63) is 0 Å². The zero-order valence-electron chi connectivity index (χ0n) is 8.22. The lowest BCUT2D eigenvalue weighted by atomic mass is 9.59. The first-order valence-electron chi connectivity index (χ1n) is 5.05. The van der Waals surface area contributed by atoms with Crippen LogP contribution in [0.5, 0.6) is 0 Å². The van der Waals surface area contributed by atoms with Gasteiger partial charge in [-0.15, -0.1) is 0 Å². The Bertz CT molecular complexity index is 171. The van der Waals surface area contributed by atoms with Gasteiger partial charge in [-0.2, -0.15) is 0 Å². The molecule has 0 aromatic rings. The Morgan fingerprint density at radius 1 is 1.45 bits per heavy atom. The summed E-state index contributed by atoms with van der Waals surface area (Å²) in [6.45, 7) is 9.67. The van der Waals surface area contributed by atoms with Gasteiger partial charge in [-0.3, -0.25) is 0 Å². The molecule has 2 saturated carbocycles. The molecule has 0 aromatic carbocycles. The summed E-state index contributed by atoms with van der Waals surface area (Å²) in [6.07, 6.45) is 3.00. The van der Waals surface area contributed by atoms with Gasteiger partial charge in [-0.1, -0.05) is 27.7 Å². The van der Waals surface area contributed by atoms with E-state index in [-0.39, 0.29) is 0 Å². The lowest BCUT2D eigenvalue weighted by Crippen LogP contribution is -2.40. The third-order valence-corrected chi connectivity index (χ3v) is 4.22. The van der Waals surface area contributed by atoms with E-state index in [1.165, 1.54) is 6.42 Å². The predicted octanol–water partition coefficient (Wildman–Crippen LogP) is 3.32. The molecule has 2 rings (SSSR count). The van der Waals surface area contributed by atoms with E-state index in [9.17, 15) is 0 Å². The van der Waals surface area contributed by atoms with Crippen molar-refractivity contribution in [1.29, 1.82) is 0 Å². The molecule has 4 atom stereocenters. The van der Waals surface area contributed by atoms with E-state index in [0.29, 0.717) is 0 Å². The van der Waals surface area contributed by atoms with Gasteiger partial charge in [0.1, 0.15) is 0 Å². The molecule has 0 spiro atoms. The summed E-state index contributed by atoms with van der Waals surface area (Å²) >= 11 is 0. The third-order valence-electron chi connectivity index (χ3n) is 4.22. The summed E-state index contributed by atoms with van der Waals surface area (Å²) in [5.41, 5.74) is 0.735. The van der Waals surface area contributed by atoms with Crippen LogP contribution in [0.15, 0.2) is 0 Å². The van der Waals surface area contributed by atoms with Gasteiger partial charge in [0, 0.05) is 0 Å². The van der Waals surface area contributed by atoms with Gasteiger partial charge >= 0.3 is 0 Å². The van der Waals surface area contributed by atoms with Crippen molar-refractivity contribution in [2.75, 3.05) is 0 Å². The van der Waals surface area contributed by atoms with Crippen LogP contribution in [-0.4, -0.2) is 0 Å². The molecule has 2 fully saturated rings. The first-order chi connectivity index (χ1) is 5.05. The van der Waals surface area contributed by atoms with Crippen LogP contribution in [0.2, 0.25) is 0 Å². The number of fused-ring (bicyclic) bond motifs is 1. The first-order valence-corrected chi connectivity index (χ1v) is 5.05. The van der Waals surface area contributed by atoms with Crippen LogP contribution in [0.3, 0.4) is 0 Å². The molecule has 0 aromatic heterocycles. The maximum absolute atomic E-state index is 2.51. The molecule has 2 aliphatic rings. The molecule has 0 saturated heterocycles. The Balaban J connectivity index is 2.00. The molecule has 0 aliphatic heterocycles. The molecule has 0 bridgehead atoms. The molecular formula is C11H20. The van der Waals surface area contributed by atoms with E-state index in [0.717, 1.165) is 29.1 Å². The lowest BCUT2D eigenvalue weighted by Gasteiger charge is -2.46. The largest absolute Gasteiger partial charge is 0.0628 e. The highest BCUT2D eigenvalue weighted by Gasteiger charge is 2.65. The zero-order chi connectivity index (χ0) is 8.22. The second-order valence-corrected chi connectivity index (χ2v) is 5.40. The molecule has 0 amide bonds. The van der Waals surface area contributed by atoms with Gasteiger partial charge in [0.05, 0.1) is 0 Å². The summed E-state index contributed by atoms with van der Waals surface area (Å²) in [5.74, 6) is 4.18.